The second-order valence-electron chi connectivity index (χ2n) is 18.8. The number of benzene rings is 3. The molecule has 4 aliphatic rings. The van der Waals surface area contributed by atoms with Crippen LogP contribution in [0.4, 0.5) is 0 Å². The number of rotatable bonds is 24. The molecule has 11 atom stereocenters. The van der Waals surface area contributed by atoms with Gasteiger partial charge < -0.3 is 9.47 Å². The van der Waals surface area contributed by atoms with Crippen LogP contribution in [0.5, 0.6) is 0 Å². The quantitative estimate of drug-likeness (QED) is 0.0215. The third kappa shape index (κ3) is 14.8. The van der Waals surface area contributed by atoms with Crippen molar-refractivity contribution in [2.75, 3.05) is 19.1 Å². The van der Waals surface area contributed by atoms with Crippen molar-refractivity contribution in [1.82, 2.24) is 0 Å². The van der Waals surface area contributed by atoms with Crippen LogP contribution in [-0.2, 0) is 54.0 Å². The first kappa shape index (κ1) is 52.8. The van der Waals surface area contributed by atoms with Crippen molar-refractivity contribution in [2.45, 2.75) is 170 Å². The predicted octanol–water partition coefficient (Wildman–Crippen LogP) is 12.5. The topological polar surface area (TPSA) is 100 Å². The van der Waals surface area contributed by atoms with Gasteiger partial charge in [0.25, 0.3) is 0 Å². The van der Waals surface area contributed by atoms with Crippen LogP contribution in [0.1, 0.15) is 96.0 Å². The number of alkyl halides is 1. The molecule has 1 unspecified atom stereocenters. The third-order valence-corrected chi connectivity index (χ3v) is 29.3. The molecule has 0 N–H and O–H groups in total. The average Bonchev–Trinajstić information content (AvgIpc) is 3.61. The Balaban J connectivity index is 1.16. The molecule has 0 aliphatic carbocycles. The molecule has 3 aromatic rings. The molecule has 7 rings (SSSR count). The van der Waals surface area contributed by atoms with Gasteiger partial charge in [0.05, 0.1) is 6.61 Å². The first-order valence-corrected chi connectivity index (χ1v) is 34.0. The summed E-state index contributed by atoms with van der Waals surface area (Å²) in [6, 6.07) is 24.6. The minimum atomic E-state index is -2.54. The molecule has 2 fully saturated rings. The molecular formula is C56H75ClO10Sn. The fraction of sp³-hybridized carbons (Fsp3) is 0.554. The first-order chi connectivity index (χ1) is 33.3. The molecule has 0 amide bonds. The van der Waals surface area contributed by atoms with Crippen LogP contribution in [0.3, 0.4) is 0 Å². The normalized spacial score (nSPS) is 28.4. The summed E-state index contributed by atoms with van der Waals surface area (Å²) in [4.78, 5) is 13.2. The SMILES string of the molecule is C=C[C@@H]1O[C@@H]2CO[C@@H](c3ccccc3)O[C@H]2/C=C\C[C@H]1OC(C[C@H]1O[C@H]2CC=CCO[C@@H]2[C@@H](OCc2ccc3ccccc3c2)[C@@H]1O/C=C\[CH2][Sn]([CH2]CCC)([CH2]CCC)[CH2]CCC)OC(=O)CCl. The summed E-state index contributed by atoms with van der Waals surface area (Å²) in [6.45, 7) is 12.1. The summed E-state index contributed by atoms with van der Waals surface area (Å²) in [7, 11) is 0. The summed E-state index contributed by atoms with van der Waals surface area (Å²) in [5, 5.41) is 2.32. The Hall–Kier alpha value is -3.04. The number of carbonyl (C=O) groups is 1. The fourth-order valence-corrected chi connectivity index (χ4v) is 25.2. The zero-order valence-corrected chi connectivity index (χ0v) is 44.1. The Morgan fingerprint density at radius 2 is 1.59 bits per heavy atom. The van der Waals surface area contributed by atoms with E-state index >= 15 is 0 Å². The van der Waals surface area contributed by atoms with Crippen molar-refractivity contribution in [2.24, 2.45) is 0 Å². The van der Waals surface area contributed by atoms with Crippen LogP contribution < -0.4 is 0 Å². The van der Waals surface area contributed by atoms with Gasteiger partial charge in [0.15, 0.2) is 6.29 Å². The Morgan fingerprint density at radius 3 is 2.32 bits per heavy atom. The number of carbonyl (C=O) groups excluding carboxylic acids is 1. The second-order valence-corrected chi connectivity index (χ2v) is 33.1. The number of hydrogen-bond acceptors (Lipinski definition) is 10. The Labute approximate surface area is 414 Å². The van der Waals surface area contributed by atoms with E-state index in [0.29, 0.717) is 32.7 Å². The van der Waals surface area contributed by atoms with Crippen molar-refractivity contribution in [3.8, 4) is 0 Å². The zero-order valence-electron chi connectivity index (χ0n) is 40.5. The molecule has 0 radical (unpaired) electrons. The number of esters is 1. The van der Waals surface area contributed by atoms with Crippen LogP contribution in [0, 0.1) is 0 Å². The van der Waals surface area contributed by atoms with Crippen LogP contribution >= 0.6 is 11.6 Å². The molecule has 4 heterocycles. The van der Waals surface area contributed by atoms with Gasteiger partial charge in [-0.25, -0.2) is 0 Å². The maximum absolute atomic E-state index is 13.2. The molecule has 0 saturated carbocycles. The number of allylic oxidation sites excluding steroid dienone is 1. The summed E-state index contributed by atoms with van der Waals surface area (Å²) >= 11 is 3.57. The van der Waals surface area contributed by atoms with Gasteiger partial charge in [-0.2, -0.15) is 0 Å². The molecule has 3 aromatic carbocycles. The van der Waals surface area contributed by atoms with Crippen LogP contribution in [0.15, 0.2) is 122 Å². The standard InChI is InChI=1S/C44H48ClO10.3C4H9.Sn/c1-3-22-47-42-37(52-36-17-10-11-23-48-41(36)43(42)49-27-29-20-21-30-13-8-9-16-32(30)24-29)25-40(55-39(46)26-45)53-34-18-12-19-35-38(51-33(34)4-2)28-50-44(54-35)31-14-6-5-7-15-31;3*1-3-4-2;/h3-16,19-22,24,33-38,40-44H,1-2,17-18,23,25-28H2;3*1,3-4H2,2H3;/b19-12-,22-3-;;;;/t33-,34+,35-,36-,37+,38+,40?,41-,42+,43+,44+;;;;/m0..../s1. The van der Waals surface area contributed by atoms with Crippen molar-refractivity contribution >= 4 is 46.7 Å². The van der Waals surface area contributed by atoms with E-state index in [9.17, 15) is 4.79 Å². The van der Waals surface area contributed by atoms with Gasteiger partial charge in [-0.1, -0.05) is 54.6 Å². The summed E-state index contributed by atoms with van der Waals surface area (Å²) < 4.78 is 65.0. The number of unbranched alkanes of at least 4 members (excludes halogenated alkanes) is 3. The number of fused-ring (bicyclic) bond motifs is 3. The second kappa shape index (κ2) is 27.5. The first-order valence-electron chi connectivity index (χ1n) is 25.3. The van der Waals surface area contributed by atoms with Crippen LogP contribution in [0.2, 0.25) is 17.7 Å². The van der Waals surface area contributed by atoms with Crippen molar-refractivity contribution in [1.29, 1.82) is 0 Å². The minimum absolute atomic E-state index is 0.137. The van der Waals surface area contributed by atoms with E-state index < -0.39 is 79.7 Å². The zero-order chi connectivity index (χ0) is 47.6. The molecule has 2 saturated heterocycles. The van der Waals surface area contributed by atoms with Gasteiger partial charge in [-0.05, 0) is 0 Å². The molecule has 0 bridgehead atoms. The number of halogens is 1. The van der Waals surface area contributed by atoms with Crippen molar-refractivity contribution in [3.63, 3.8) is 0 Å². The molecular weight excluding hydrogens is 987 g/mol. The van der Waals surface area contributed by atoms with E-state index in [-0.39, 0.29) is 24.5 Å². The van der Waals surface area contributed by atoms with Gasteiger partial charge in [0.2, 0.25) is 0 Å². The predicted molar refractivity (Wildman–Crippen MR) is 271 cm³/mol. The summed E-state index contributed by atoms with van der Waals surface area (Å²) in [5.41, 5.74) is 1.98. The molecule has 0 spiro atoms. The van der Waals surface area contributed by atoms with Gasteiger partial charge in [0, 0.05) is 5.56 Å². The van der Waals surface area contributed by atoms with Gasteiger partial charge in [0.1, 0.15) is 12.2 Å². The van der Waals surface area contributed by atoms with Gasteiger partial charge in [-0.3, -0.25) is 0 Å². The van der Waals surface area contributed by atoms with Crippen molar-refractivity contribution in [3.05, 3.63) is 133 Å². The molecule has 370 valence electrons. The van der Waals surface area contributed by atoms with E-state index in [4.69, 9.17) is 54.2 Å². The number of hydrogen-bond donors (Lipinski definition) is 0. The fourth-order valence-electron chi connectivity index (χ4n) is 10.1. The van der Waals surface area contributed by atoms with Crippen LogP contribution in [0.25, 0.3) is 10.8 Å². The van der Waals surface area contributed by atoms with E-state index in [1.165, 1.54) is 57.2 Å². The van der Waals surface area contributed by atoms with E-state index in [0.717, 1.165) is 20.9 Å². The monoisotopic (exact) mass is 1060 g/mol. The van der Waals surface area contributed by atoms with Crippen LogP contribution in [-0.4, -0.2) is 105 Å². The van der Waals surface area contributed by atoms with Gasteiger partial charge in [-0.15, -0.1) is 6.58 Å². The molecule has 10 nitrogen and oxygen atoms in total. The summed E-state index contributed by atoms with van der Waals surface area (Å²) in [5.74, 6) is -0.954. The summed E-state index contributed by atoms with van der Waals surface area (Å²) in [6.07, 6.45) is 16.7. The van der Waals surface area contributed by atoms with Gasteiger partial charge >= 0.3 is 316 Å². The Bertz CT molecular complexity index is 2060. The average molecular weight is 1060 g/mol. The van der Waals surface area contributed by atoms with E-state index in [2.05, 4.69) is 82.0 Å². The molecule has 4 aliphatic heterocycles. The molecule has 12 heteroatoms. The van der Waals surface area contributed by atoms with E-state index in [1.807, 2.05) is 54.8 Å². The molecule has 0 aromatic heterocycles. The number of ether oxygens (including phenoxy) is 9. The Kier molecular flexibility index (Phi) is 21.4. The third-order valence-electron chi connectivity index (χ3n) is 13.9. The Morgan fingerprint density at radius 1 is 0.838 bits per heavy atom. The van der Waals surface area contributed by atoms with Crippen molar-refractivity contribution < 1.29 is 47.4 Å². The van der Waals surface area contributed by atoms with E-state index in [1.54, 1.807) is 6.08 Å². The maximum atomic E-state index is 13.2. The molecule has 68 heavy (non-hydrogen) atoms.